The Kier molecular flexibility index (Phi) is 4.16. The van der Waals surface area contributed by atoms with Crippen LogP contribution < -0.4 is 14.8 Å². The molecule has 138 valence electrons. The average molecular weight is 411 g/mol. The van der Waals surface area contributed by atoms with Crippen LogP contribution in [0.4, 0.5) is 14.6 Å². The Morgan fingerprint density at radius 3 is 2.63 bits per heavy atom. The molecule has 1 aromatic carbocycles. The van der Waals surface area contributed by atoms with Crippen LogP contribution in [0.1, 0.15) is 15.4 Å². The number of ether oxygens (including phenoxy) is 2. The molecule has 3 aromatic rings. The minimum absolute atomic E-state index is 0.120. The minimum atomic E-state index is -3.72. The van der Waals surface area contributed by atoms with E-state index in [1.807, 2.05) is 0 Å². The van der Waals surface area contributed by atoms with Crippen molar-refractivity contribution in [1.82, 2.24) is 14.6 Å². The molecule has 4 rings (SSSR count). The summed E-state index contributed by atoms with van der Waals surface area (Å²) < 4.78 is 38.9. The third-order valence-corrected chi connectivity index (χ3v) is 4.80. The number of benzene rings is 1. The first-order chi connectivity index (χ1) is 12.8. The van der Waals surface area contributed by atoms with Gasteiger partial charge in [0.2, 0.25) is 0 Å². The maximum absolute atomic E-state index is 13.2. The van der Waals surface area contributed by atoms with Gasteiger partial charge in [0.25, 0.3) is 5.91 Å². The van der Waals surface area contributed by atoms with E-state index in [9.17, 15) is 13.6 Å². The summed E-state index contributed by atoms with van der Waals surface area (Å²) in [5, 5.41) is 6.61. The van der Waals surface area contributed by atoms with Crippen LogP contribution in [0, 0.1) is 6.92 Å². The zero-order chi connectivity index (χ0) is 19.2. The number of hydrogen-bond donors (Lipinski definition) is 1. The molecule has 0 spiro atoms. The third kappa shape index (κ3) is 3.40. The van der Waals surface area contributed by atoms with Crippen LogP contribution in [0.5, 0.6) is 11.5 Å². The number of pyridine rings is 1. The summed E-state index contributed by atoms with van der Waals surface area (Å²) in [6.45, 7) is 1.68. The van der Waals surface area contributed by atoms with Gasteiger partial charge in [-0.25, -0.2) is 4.98 Å². The first-order valence-corrected chi connectivity index (χ1v) is 8.64. The van der Waals surface area contributed by atoms with E-state index in [0.29, 0.717) is 27.5 Å². The second kappa shape index (κ2) is 6.39. The van der Waals surface area contributed by atoms with Crippen molar-refractivity contribution in [1.29, 1.82) is 0 Å². The average Bonchev–Trinajstić information content (AvgIpc) is 3.16. The lowest BCUT2D eigenvalue weighted by molar-refractivity contribution is -0.286. The SMILES string of the molecule is Cc1nnsc1C(=O)Nc1ccc(-c2cc3c(cc2Cl)OC(F)(F)O3)cn1. The Morgan fingerprint density at radius 1 is 1.26 bits per heavy atom. The highest BCUT2D eigenvalue weighted by atomic mass is 35.5. The molecule has 0 unspecified atom stereocenters. The number of rotatable bonds is 3. The predicted octanol–water partition coefficient (Wildman–Crippen LogP) is 4.14. The van der Waals surface area contributed by atoms with E-state index in [1.165, 1.54) is 18.3 Å². The molecular formula is C16H9ClF2N4O3S. The highest BCUT2D eigenvalue weighted by Crippen LogP contribution is 2.45. The number of nitrogens with one attached hydrogen (secondary N) is 1. The van der Waals surface area contributed by atoms with E-state index < -0.39 is 6.29 Å². The van der Waals surface area contributed by atoms with Crippen LogP contribution in [0.15, 0.2) is 30.5 Å². The maximum Gasteiger partial charge on any atom is 0.586 e. The zero-order valence-electron chi connectivity index (χ0n) is 13.5. The van der Waals surface area contributed by atoms with Gasteiger partial charge in [-0.05, 0) is 36.7 Å². The van der Waals surface area contributed by atoms with E-state index in [2.05, 4.69) is 29.4 Å². The third-order valence-electron chi connectivity index (χ3n) is 3.66. The Balaban J connectivity index is 1.57. The molecule has 7 nitrogen and oxygen atoms in total. The van der Waals surface area contributed by atoms with Gasteiger partial charge >= 0.3 is 6.29 Å². The summed E-state index contributed by atoms with van der Waals surface area (Å²) in [4.78, 5) is 16.7. The molecule has 1 aliphatic rings. The van der Waals surface area contributed by atoms with Crippen molar-refractivity contribution >= 4 is 34.9 Å². The van der Waals surface area contributed by atoms with Gasteiger partial charge in [0.15, 0.2) is 11.5 Å². The van der Waals surface area contributed by atoms with Gasteiger partial charge in [0.05, 0.1) is 10.7 Å². The second-order valence-corrected chi connectivity index (χ2v) is 6.68. The molecule has 2 aromatic heterocycles. The predicted molar refractivity (Wildman–Crippen MR) is 93.5 cm³/mol. The van der Waals surface area contributed by atoms with Gasteiger partial charge < -0.3 is 14.8 Å². The van der Waals surface area contributed by atoms with Crippen LogP contribution in [0.2, 0.25) is 5.02 Å². The number of aryl methyl sites for hydroxylation is 1. The van der Waals surface area contributed by atoms with Gasteiger partial charge in [-0.2, -0.15) is 0 Å². The molecular weight excluding hydrogens is 402 g/mol. The topological polar surface area (TPSA) is 86.2 Å². The van der Waals surface area contributed by atoms with Gasteiger partial charge in [0, 0.05) is 23.4 Å². The number of nitrogens with zero attached hydrogens (tertiary/aromatic N) is 3. The number of carbonyl (C=O) groups excluding carboxylic acids is 1. The van der Waals surface area contributed by atoms with E-state index >= 15 is 0 Å². The number of halogens is 3. The molecule has 0 aliphatic carbocycles. The Labute approximate surface area is 160 Å². The molecule has 11 heteroatoms. The van der Waals surface area contributed by atoms with Gasteiger partial charge in [-0.1, -0.05) is 16.1 Å². The van der Waals surface area contributed by atoms with Crippen LogP contribution in [0.25, 0.3) is 11.1 Å². The van der Waals surface area contributed by atoms with Gasteiger partial charge in [-0.15, -0.1) is 13.9 Å². The van der Waals surface area contributed by atoms with E-state index in [-0.39, 0.29) is 22.4 Å². The van der Waals surface area contributed by atoms with E-state index in [1.54, 1.807) is 19.1 Å². The number of aromatic nitrogens is 3. The van der Waals surface area contributed by atoms with Crippen molar-refractivity contribution < 1.29 is 23.0 Å². The maximum atomic E-state index is 13.2. The van der Waals surface area contributed by atoms with Gasteiger partial charge in [-0.3, -0.25) is 4.79 Å². The normalized spacial score (nSPS) is 14.2. The van der Waals surface area contributed by atoms with Crippen molar-refractivity contribution in [3.63, 3.8) is 0 Å². The van der Waals surface area contributed by atoms with E-state index in [0.717, 1.165) is 11.5 Å². The molecule has 1 aliphatic heterocycles. The van der Waals surface area contributed by atoms with Gasteiger partial charge in [0.1, 0.15) is 10.7 Å². The minimum Gasteiger partial charge on any atom is -0.395 e. The second-order valence-electron chi connectivity index (χ2n) is 5.52. The van der Waals surface area contributed by atoms with Crippen LogP contribution in [-0.4, -0.2) is 26.8 Å². The first kappa shape index (κ1) is 17.6. The number of alkyl halides is 2. The fraction of sp³-hybridized carbons (Fsp3) is 0.125. The molecule has 0 bridgehead atoms. The number of anilines is 1. The standard InChI is InChI=1S/C16H9ClF2N4O3S/c1-7-14(27-23-22-7)15(24)21-13-3-2-8(6-20-13)9-4-11-12(5-10(9)17)26-16(18,19)25-11/h2-6H,1H3,(H,20,21,24). The Bertz CT molecular complexity index is 1040. The van der Waals surface area contributed by atoms with Crippen molar-refractivity contribution in [2.45, 2.75) is 13.2 Å². The highest BCUT2D eigenvalue weighted by molar-refractivity contribution is 7.08. The molecule has 0 saturated heterocycles. The lowest BCUT2D eigenvalue weighted by Crippen LogP contribution is -2.25. The summed E-state index contributed by atoms with van der Waals surface area (Å²) in [6, 6.07) is 5.80. The fourth-order valence-electron chi connectivity index (χ4n) is 2.43. The van der Waals surface area contributed by atoms with Crippen molar-refractivity contribution in [3.8, 4) is 22.6 Å². The highest BCUT2D eigenvalue weighted by Gasteiger charge is 2.43. The molecule has 0 radical (unpaired) electrons. The number of carbonyl (C=O) groups is 1. The number of amides is 1. The molecule has 0 fully saturated rings. The fourth-order valence-corrected chi connectivity index (χ4v) is 3.25. The largest absolute Gasteiger partial charge is 0.586 e. The molecule has 0 atom stereocenters. The molecule has 1 amide bonds. The molecule has 27 heavy (non-hydrogen) atoms. The first-order valence-electron chi connectivity index (χ1n) is 7.48. The number of hydrogen-bond acceptors (Lipinski definition) is 7. The van der Waals surface area contributed by atoms with Crippen molar-refractivity contribution in [2.24, 2.45) is 0 Å². The van der Waals surface area contributed by atoms with Crippen molar-refractivity contribution in [2.75, 3.05) is 5.32 Å². The van der Waals surface area contributed by atoms with Crippen LogP contribution in [0.3, 0.4) is 0 Å². The Morgan fingerprint density at radius 2 is 2.00 bits per heavy atom. The van der Waals surface area contributed by atoms with Crippen molar-refractivity contribution in [3.05, 3.63) is 46.1 Å². The summed E-state index contributed by atoms with van der Waals surface area (Å²) >= 11 is 7.14. The van der Waals surface area contributed by atoms with Crippen LogP contribution >= 0.6 is 23.1 Å². The molecule has 0 saturated carbocycles. The molecule has 3 heterocycles. The monoisotopic (exact) mass is 410 g/mol. The summed E-state index contributed by atoms with van der Waals surface area (Å²) in [5.41, 5.74) is 1.51. The number of fused-ring (bicyclic) bond motifs is 1. The van der Waals surface area contributed by atoms with E-state index in [4.69, 9.17) is 11.6 Å². The lowest BCUT2D eigenvalue weighted by atomic mass is 10.1. The smallest absolute Gasteiger partial charge is 0.395 e. The summed E-state index contributed by atoms with van der Waals surface area (Å²) in [7, 11) is 0. The summed E-state index contributed by atoms with van der Waals surface area (Å²) in [5.74, 6) is -0.324. The zero-order valence-corrected chi connectivity index (χ0v) is 15.1. The summed E-state index contributed by atoms with van der Waals surface area (Å²) in [6.07, 6.45) is -2.27. The molecule has 1 N–H and O–H groups in total. The van der Waals surface area contributed by atoms with Crippen LogP contribution in [-0.2, 0) is 0 Å². The quantitative estimate of drug-likeness (QED) is 0.698. The Hall–Kier alpha value is -2.85. The lowest BCUT2D eigenvalue weighted by Gasteiger charge is -2.07.